The molecule has 0 atom stereocenters. The molecule has 4 nitrogen and oxygen atoms in total. The first-order chi connectivity index (χ1) is 14.8. The van der Waals surface area contributed by atoms with Crippen LogP contribution in [0.3, 0.4) is 0 Å². The van der Waals surface area contributed by atoms with E-state index in [2.05, 4.69) is 0 Å². The predicted molar refractivity (Wildman–Crippen MR) is 124 cm³/mol. The number of halogens is 3. The highest BCUT2D eigenvalue weighted by Crippen LogP contribution is 2.30. The second kappa shape index (κ2) is 8.83. The Kier molecular flexibility index (Phi) is 6.15. The van der Waals surface area contributed by atoms with Crippen molar-refractivity contribution in [2.45, 2.75) is 20.5 Å². The molecule has 0 N–H and O–H groups in total. The molecular formula is C24H17Cl3O4. The number of rotatable bonds is 5. The predicted octanol–water partition coefficient (Wildman–Crippen LogP) is 7.74. The summed E-state index contributed by atoms with van der Waals surface area (Å²) in [5.74, 6) is 1.15. The fourth-order valence-electron chi connectivity index (χ4n) is 3.14. The number of fused-ring (bicyclic) bond motifs is 1. The maximum atomic E-state index is 12.9. The van der Waals surface area contributed by atoms with Gasteiger partial charge in [0.25, 0.3) is 0 Å². The second-order valence-corrected chi connectivity index (χ2v) is 8.31. The van der Waals surface area contributed by atoms with Crippen LogP contribution in [0.25, 0.3) is 11.0 Å². The van der Waals surface area contributed by atoms with Crippen molar-refractivity contribution in [1.29, 1.82) is 0 Å². The summed E-state index contributed by atoms with van der Waals surface area (Å²) >= 11 is 18.3. The molecule has 1 aromatic heterocycles. The minimum absolute atomic E-state index is 0.0928. The van der Waals surface area contributed by atoms with E-state index in [0.29, 0.717) is 37.5 Å². The Morgan fingerprint density at radius 3 is 2.35 bits per heavy atom. The van der Waals surface area contributed by atoms with E-state index in [9.17, 15) is 4.79 Å². The summed E-state index contributed by atoms with van der Waals surface area (Å²) in [7, 11) is 0. The minimum Gasteiger partial charge on any atom is -0.489 e. The van der Waals surface area contributed by atoms with Gasteiger partial charge < -0.3 is 13.9 Å². The first-order valence-corrected chi connectivity index (χ1v) is 10.5. The number of ether oxygens (including phenoxy) is 2. The van der Waals surface area contributed by atoms with E-state index < -0.39 is 0 Å². The first-order valence-electron chi connectivity index (χ1n) is 9.38. The summed E-state index contributed by atoms with van der Waals surface area (Å²) < 4.78 is 17.2. The molecule has 0 unspecified atom stereocenters. The molecule has 0 bridgehead atoms. The molecule has 0 fully saturated rings. The van der Waals surface area contributed by atoms with Crippen molar-refractivity contribution >= 4 is 45.8 Å². The van der Waals surface area contributed by atoms with E-state index in [1.807, 2.05) is 13.8 Å². The zero-order chi connectivity index (χ0) is 22.1. The van der Waals surface area contributed by atoms with E-state index in [4.69, 9.17) is 48.7 Å². The highest BCUT2D eigenvalue weighted by molar-refractivity contribution is 6.35. The topological polar surface area (TPSA) is 48.7 Å². The van der Waals surface area contributed by atoms with Crippen LogP contribution in [0.1, 0.15) is 16.7 Å². The first kappa shape index (κ1) is 21.6. The van der Waals surface area contributed by atoms with Crippen molar-refractivity contribution in [3.63, 3.8) is 0 Å². The second-order valence-electron chi connectivity index (χ2n) is 7.08. The Hall–Kier alpha value is -2.66. The molecule has 4 aromatic rings. The van der Waals surface area contributed by atoms with E-state index in [1.54, 1.807) is 48.5 Å². The van der Waals surface area contributed by atoms with Gasteiger partial charge >= 0.3 is 0 Å². The quantitative estimate of drug-likeness (QED) is 0.296. The van der Waals surface area contributed by atoms with Gasteiger partial charge in [-0.2, -0.15) is 0 Å². The lowest BCUT2D eigenvalue weighted by molar-refractivity contribution is 0.306. The van der Waals surface area contributed by atoms with Gasteiger partial charge in [-0.25, -0.2) is 0 Å². The lowest BCUT2D eigenvalue weighted by Gasteiger charge is -2.10. The van der Waals surface area contributed by atoms with E-state index in [-0.39, 0.29) is 17.8 Å². The number of hydrogen-bond donors (Lipinski definition) is 0. The number of aryl methyl sites for hydroxylation is 2. The Morgan fingerprint density at radius 1 is 0.903 bits per heavy atom. The molecule has 3 aromatic carbocycles. The average molecular weight is 476 g/mol. The highest BCUT2D eigenvalue weighted by atomic mass is 35.5. The molecule has 1 heterocycles. The van der Waals surface area contributed by atoms with Gasteiger partial charge in [-0.1, -0.05) is 40.9 Å². The van der Waals surface area contributed by atoms with Gasteiger partial charge in [-0.05, 0) is 61.4 Å². The van der Waals surface area contributed by atoms with E-state index in [1.165, 1.54) is 6.26 Å². The molecule has 0 aliphatic rings. The van der Waals surface area contributed by atoms with Gasteiger partial charge in [0, 0.05) is 26.7 Å². The Morgan fingerprint density at radius 2 is 1.65 bits per heavy atom. The van der Waals surface area contributed by atoms with Gasteiger partial charge in [0.05, 0.1) is 5.39 Å². The largest absolute Gasteiger partial charge is 0.489 e. The SMILES string of the molecule is Cc1cc(Oc2coc3cc(OCc4ccc(Cl)cc4Cl)ccc3c2=O)cc(C)c1Cl. The zero-order valence-electron chi connectivity index (χ0n) is 16.7. The van der Waals surface area contributed by atoms with Crippen LogP contribution in [0.4, 0.5) is 0 Å². The van der Waals surface area contributed by atoms with Crippen molar-refractivity contribution in [3.8, 4) is 17.2 Å². The third kappa shape index (κ3) is 4.67. The molecule has 4 rings (SSSR count). The van der Waals surface area contributed by atoms with Crippen LogP contribution >= 0.6 is 34.8 Å². The summed E-state index contributed by atoms with van der Waals surface area (Å²) in [5.41, 5.74) is 2.64. The lowest BCUT2D eigenvalue weighted by Crippen LogP contribution is -2.05. The van der Waals surface area contributed by atoms with Crippen molar-refractivity contribution in [1.82, 2.24) is 0 Å². The van der Waals surface area contributed by atoms with Gasteiger partial charge in [-0.3, -0.25) is 4.79 Å². The summed E-state index contributed by atoms with van der Waals surface area (Å²) in [5, 5.41) is 2.14. The standard InChI is InChI=1S/C24H17Cl3O4/c1-13-7-18(8-14(2)23(13)27)31-22-12-30-21-10-17(5-6-19(21)24(22)28)29-11-15-3-4-16(25)9-20(15)26/h3-10,12H,11H2,1-2H3. The number of benzene rings is 3. The monoisotopic (exact) mass is 474 g/mol. The molecule has 158 valence electrons. The van der Waals surface area contributed by atoms with Crippen molar-refractivity contribution < 1.29 is 13.9 Å². The van der Waals surface area contributed by atoms with Crippen molar-refractivity contribution in [2.75, 3.05) is 0 Å². The molecule has 0 amide bonds. The fourth-order valence-corrected chi connectivity index (χ4v) is 3.72. The van der Waals surface area contributed by atoms with E-state index in [0.717, 1.165) is 16.7 Å². The van der Waals surface area contributed by atoms with Gasteiger partial charge in [0.2, 0.25) is 11.2 Å². The Labute approximate surface area is 193 Å². The third-order valence-corrected chi connectivity index (χ3v) is 5.94. The minimum atomic E-state index is -0.279. The summed E-state index contributed by atoms with van der Waals surface area (Å²) in [4.78, 5) is 12.9. The van der Waals surface area contributed by atoms with Gasteiger partial charge in [-0.15, -0.1) is 0 Å². The smallest absolute Gasteiger partial charge is 0.235 e. The Bertz CT molecular complexity index is 1320. The van der Waals surface area contributed by atoms with Crippen LogP contribution in [-0.2, 0) is 6.61 Å². The van der Waals surface area contributed by atoms with Gasteiger partial charge in [0.15, 0.2) is 0 Å². The molecule has 7 heteroatoms. The summed E-state index contributed by atoms with van der Waals surface area (Å²) in [6, 6.07) is 13.8. The summed E-state index contributed by atoms with van der Waals surface area (Å²) in [6.45, 7) is 4.01. The maximum absolute atomic E-state index is 12.9. The zero-order valence-corrected chi connectivity index (χ0v) is 18.9. The molecule has 0 aliphatic heterocycles. The van der Waals surface area contributed by atoms with E-state index >= 15 is 0 Å². The van der Waals surface area contributed by atoms with Crippen LogP contribution < -0.4 is 14.9 Å². The van der Waals surface area contributed by atoms with Crippen LogP contribution in [0.15, 0.2) is 64.0 Å². The van der Waals surface area contributed by atoms with Crippen LogP contribution in [-0.4, -0.2) is 0 Å². The average Bonchev–Trinajstić information content (AvgIpc) is 2.73. The molecule has 0 spiro atoms. The highest BCUT2D eigenvalue weighted by Gasteiger charge is 2.12. The van der Waals surface area contributed by atoms with Crippen LogP contribution in [0.2, 0.25) is 15.1 Å². The van der Waals surface area contributed by atoms with Gasteiger partial charge in [0.1, 0.15) is 30.0 Å². The van der Waals surface area contributed by atoms with Crippen LogP contribution in [0.5, 0.6) is 17.2 Å². The third-order valence-electron chi connectivity index (χ3n) is 4.76. The molecule has 0 radical (unpaired) electrons. The fraction of sp³-hybridized carbons (Fsp3) is 0.125. The normalized spacial score (nSPS) is 11.0. The summed E-state index contributed by atoms with van der Waals surface area (Å²) in [6.07, 6.45) is 1.30. The van der Waals surface area contributed by atoms with Crippen molar-refractivity contribution in [2.24, 2.45) is 0 Å². The molecule has 31 heavy (non-hydrogen) atoms. The van der Waals surface area contributed by atoms with Crippen LogP contribution in [0, 0.1) is 13.8 Å². The lowest BCUT2D eigenvalue weighted by atomic mass is 10.1. The molecular weight excluding hydrogens is 459 g/mol. The number of hydrogen-bond acceptors (Lipinski definition) is 4. The molecule has 0 saturated heterocycles. The van der Waals surface area contributed by atoms with Crippen molar-refractivity contribution in [3.05, 3.63) is 96.8 Å². The molecule has 0 aliphatic carbocycles. The Balaban J connectivity index is 1.57. The maximum Gasteiger partial charge on any atom is 0.235 e. The molecule has 0 saturated carbocycles.